The van der Waals surface area contributed by atoms with Gasteiger partial charge in [0, 0.05) is 4.47 Å². The van der Waals surface area contributed by atoms with Gasteiger partial charge < -0.3 is 0 Å². The minimum Gasteiger partial charge on any atom is -0.217 e. The number of benzene rings is 1. The number of hydrogen-bond acceptors (Lipinski definition) is 2. The molecule has 0 atom stereocenters. The van der Waals surface area contributed by atoms with Crippen molar-refractivity contribution in [2.75, 3.05) is 0 Å². The molecule has 0 aliphatic carbocycles. The zero-order valence-corrected chi connectivity index (χ0v) is 17.7. The Bertz CT molecular complexity index is 1040. The van der Waals surface area contributed by atoms with Gasteiger partial charge in [0.2, 0.25) is 9.84 Å². The van der Waals surface area contributed by atoms with Gasteiger partial charge >= 0.3 is 47.0 Å². The second-order valence-electron chi connectivity index (χ2n) is 6.42. The molecule has 0 saturated heterocycles. The molecule has 0 saturated carbocycles. The van der Waals surface area contributed by atoms with Gasteiger partial charge in [-0.3, -0.25) is 0 Å². The van der Waals surface area contributed by atoms with E-state index >= 15 is 0 Å². The van der Waals surface area contributed by atoms with Gasteiger partial charge in [-0.15, -0.1) is 0 Å². The van der Waals surface area contributed by atoms with Crippen molar-refractivity contribution < 1.29 is 83.1 Å². The lowest BCUT2D eigenvalue weighted by Crippen LogP contribution is -2.75. The first-order valence-corrected chi connectivity index (χ1v) is 9.99. The van der Waals surface area contributed by atoms with E-state index in [0.717, 1.165) is 0 Å². The summed E-state index contributed by atoms with van der Waals surface area (Å²) < 4.78 is 248. The molecule has 0 fully saturated rings. The van der Waals surface area contributed by atoms with E-state index in [2.05, 4.69) is 15.9 Å². The lowest BCUT2D eigenvalue weighted by molar-refractivity contribution is -0.458. The molecule has 0 spiro atoms. The Morgan fingerprint density at radius 3 is 1.09 bits per heavy atom. The topological polar surface area (TPSA) is 34.1 Å². The van der Waals surface area contributed by atoms with E-state index in [4.69, 9.17) is 0 Å². The van der Waals surface area contributed by atoms with Gasteiger partial charge in [0.1, 0.15) is 0 Å². The van der Waals surface area contributed by atoms with Gasteiger partial charge in [-0.25, -0.2) is 8.42 Å². The molecule has 204 valence electrons. The molecule has 0 amide bonds. The molecular formula is C14H4BrF17O2S. The van der Waals surface area contributed by atoms with Crippen molar-refractivity contribution in [3.8, 4) is 0 Å². The summed E-state index contributed by atoms with van der Waals surface area (Å²) in [7, 11) is -7.27. The van der Waals surface area contributed by atoms with Crippen LogP contribution in [0.15, 0.2) is 33.6 Å². The Kier molecular flexibility index (Phi) is 7.41. The number of sulfone groups is 1. The predicted molar refractivity (Wildman–Crippen MR) is 82.0 cm³/mol. The summed E-state index contributed by atoms with van der Waals surface area (Å²) in [5.74, 6) is -51.6. The monoisotopic (exact) mass is 638 g/mol. The molecule has 0 N–H and O–H groups in total. The second-order valence-corrected chi connectivity index (χ2v) is 9.32. The Morgan fingerprint density at radius 2 is 0.771 bits per heavy atom. The number of halogens is 18. The minimum atomic E-state index is -8.85. The molecule has 1 aromatic rings. The second kappa shape index (κ2) is 8.23. The Hall–Kier alpha value is -1.54. The van der Waals surface area contributed by atoms with E-state index in [9.17, 15) is 83.1 Å². The fraction of sp³-hybridized carbons (Fsp3) is 0.571. The Labute approximate surface area is 190 Å². The highest BCUT2D eigenvalue weighted by Crippen LogP contribution is 2.64. The number of alkyl halides is 17. The van der Waals surface area contributed by atoms with Crippen LogP contribution < -0.4 is 0 Å². The normalized spacial score (nSPS) is 15.9. The maximum absolute atomic E-state index is 14.0. The molecule has 0 aromatic heterocycles. The lowest BCUT2D eigenvalue weighted by atomic mass is 9.91. The molecule has 0 aliphatic rings. The van der Waals surface area contributed by atoms with Gasteiger partial charge in [0.15, 0.2) is 0 Å². The van der Waals surface area contributed by atoms with Gasteiger partial charge in [-0.1, -0.05) is 15.9 Å². The Balaban J connectivity index is 3.79. The fourth-order valence-corrected chi connectivity index (χ4v) is 3.60. The molecule has 0 unspecified atom stereocenters. The smallest absolute Gasteiger partial charge is 0.217 e. The van der Waals surface area contributed by atoms with Crippen LogP contribution in [0.3, 0.4) is 0 Å². The van der Waals surface area contributed by atoms with Crippen LogP contribution in [-0.2, 0) is 9.84 Å². The van der Waals surface area contributed by atoms with Crippen LogP contribution in [0, 0.1) is 0 Å². The van der Waals surface area contributed by atoms with Crippen molar-refractivity contribution in [1.82, 2.24) is 0 Å². The Morgan fingerprint density at radius 1 is 0.486 bits per heavy atom. The number of rotatable bonds is 8. The summed E-state index contributed by atoms with van der Waals surface area (Å²) in [5.41, 5.74) is 0. The summed E-state index contributed by atoms with van der Waals surface area (Å²) in [4.78, 5) is -2.04. The lowest BCUT2D eigenvalue weighted by Gasteiger charge is -2.42. The van der Waals surface area contributed by atoms with E-state index in [0.29, 0.717) is 12.1 Å². The minimum absolute atomic E-state index is 0.0215. The van der Waals surface area contributed by atoms with Crippen molar-refractivity contribution >= 4 is 25.8 Å². The van der Waals surface area contributed by atoms with Crippen molar-refractivity contribution in [1.29, 1.82) is 0 Å². The van der Waals surface area contributed by atoms with Crippen LogP contribution in [0.25, 0.3) is 0 Å². The molecule has 21 heteroatoms. The van der Waals surface area contributed by atoms with Crippen LogP contribution in [0.2, 0.25) is 0 Å². The predicted octanol–water partition coefficient (Wildman–Crippen LogP) is 7.19. The van der Waals surface area contributed by atoms with Crippen LogP contribution in [0.4, 0.5) is 74.6 Å². The fourth-order valence-electron chi connectivity index (χ4n) is 2.08. The summed E-state index contributed by atoms with van der Waals surface area (Å²) in [6.45, 7) is 0. The first kappa shape index (κ1) is 31.5. The van der Waals surface area contributed by atoms with Gasteiger partial charge in [-0.05, 0) is 24.3 Å². The number of hydrogen-bond donors (Lipinski definition) is 0. The van der Waals surface area contributed by atoms with Crippen LogP contribution in [-0.4, -0.2) is 55.4 Å². The van der Waals surface area contributed by atoms with E-state index in [1.807, 2.05) is 0 Å². The van der Waals surface area contributed by atoms with Gasteiger partial charge in [0.25, 0.3) is 0 Å². The third kappa shape index (κ3) is 4.03. The molecule has 0 heterocycles. The molecule has 35 heavy (non-hydrogen) atoms. The highest BCUT2D eigenvalue weighted by atomic mass is 79.9. The SMILES string of the molecule is O=S(=O)(c1ccc(Br)cc1)C(F)(F)C(F)(F)C(F)(F)C(F)(F)C(F)(F)C(F)(F)C(F)(F)C(F)(F)F. The van der Waals surface area contributed by atoms with Crippen molar-refractivity contribution in [3.05, 3.63) is 28.7 Å². The summed E-state index contributed by atoms with van der Waals surface area (Å²) in [6.07, 6.45) is -7.87. The molecule has 1 rings (SSSR count). The summed E-state index contributed by atoms with van der Waals surface area (Å²) in [5, 5.41) is -7.56. The van der Waals surface area contributed by atoms with E-state index < -0.39 is 61.7 Å². The maximum Gasteiger partial charge on any atom is 0.460 e. The summed E-state index contributed by atoms with van der Waals surface area (Å²) >= 11 is 2.58. The van der Waals surface area contributed by atoms with Crippen molar-refractivity contribution in [2.45, 2.75) is 51.9 Å². The average Bonchev–Trinajstić information content (AvgIpc) is 2.66. The molecule has 0 aliphatic heterocycles. The first-order chi connectivity index (χ1) is 15.0. The molecular weight excluding hydrogens is 635 g/mol. The molecule has 0 bridgehead atoms. The van der Waals surface area contributed by atoms with Crippen LogP contribution >= 0.6 is 15.9 Å². The first-order valence-electron chi connectivity index (χ1n) is 7.71. The molecule has 2 nitrogen and oxygen atoms in total. The van der Waals surface area contributed by atoms with Gasteiger partial charge in [0.05, 0.1) is 4.90 Å². The standard InChI is InChI=1S/C14H4BrF17O2S/c15-5-1-3-6(4-2-5)35(33,34)14(31,32)12(26,27)10(22,23)8(18,19)7(16,17)9(20,21)11(24,25)13(28,29)30/h1-4H. The zero-order valence-electron chi connectivity index (χ0n) is 15.3. The summed E-state index contributed by atoms with van der Waals surface area (Å²) in [6, 6.07) is 0.933. The highest BCUT2D eigenvalue weighted by Gasteiger charge is 2.96. The zero-order chi connectivity index (χ0) is 28.5. The quantitative estimate of drug-likeness (QED) is 0.283. The molecule has 0 radical (unpaired) electrons. The third-order valence-electron chi connectivity index (χ3n) is 4.15. The van der Waals surface area contributed by atoms with Crippen LogP contribution in [0.5, 0.6) is 0 Å². The van der Waals surface area contributed by atoms with E-state index in [-0.39, 0.29) is 16.6 Å². The van der Waals surface area contributed by atoms with Crippen molar-refractivity contribution in [2.24, 2.45) is 0 Å². The van der Waals surface area contributed by atoms with Gasteiger partial charge in [-0.2, -0.15) is 74.6 Å². The van der Waals surface area contributed by atoms with Crippen molar-refractivity contribution in [3.63, 3.8) is 0 Å². The largest absolute Gasteiger partial charge is 0.460 e. The highest BCUT2D eigenvalue weighted by molar-refractivity contribution is 9.10. The maximum atomic E-state index is 14.0. The van der Waals surface area contributed by atoms with Crippen LogP contribution in [0.1, 0.15) is 0 Å². The van der Waals surface area contributed by atoms with E-state index in [1.165, 1.54) is 0 Å². The average molecular weight is 639 g/mol. The van der Waals surface area contributed by atoms with E-state index in [1.54, 1.807) is 0 Å². The molecule has 1 aromatic carbocycles. The third-order valence-corrected chi connectivity index (χ3v) is 6.51.